The molecule has 0 spiro atoms. The van der Waals surface area contributed by atoms with Gasteiger partial charge < -0.3 is 5.11 Å². The Bertz CT molecular complexity index is 612. The molecule has 0 saturated heterocycles. The van der Waals surface area contributed by atoms with Crippen molar-refractivity contribution in [3.63, 3.8) is 0 Å². The average Bonchev–Trinajstić information content (AvgIpc) is 2.45. The highest BCUT2D eigenvalue weighted by Crippen LogP contribution is 2.27. The molecule has 0 aliphatic rings. The highest BCUT2D eigenvalue weighted by Gasteiger charge is 2.11. The second-order valence-electron chi connectivity index (χ2n) is 3.84. The molecule has 1 unspecified atom stereocenters. The number of pyridine rings is 1. The van der Waals surface area contributed by atoms with Crippen molar-refractivity contribution in [1.29, 1.82) is 5.26 Å². The number of nitrogens with zero attached hydrogens (tertiary/aromatic N) is 2. The molecule has 0 radical (unpaired) electrons. The van der Waals surface area contributed by atoms with Crippen LogP contribution >= 0.6 is 23.4 Å². The topological polar surface area (TPSA) is 56.9 Å². The van der Waals surface area contributed by atoms with E-state index in [0.29, 0.717) is 26.9 Å². The number of hydrogen-bond acceptors (Lipinski definition) is 4. The van der Waals surface area contributed by atoms with Gasteiger partial charge in [0.15, 0.2) is 0 Å². The zero-order valence-corrected chi connectivity index (χ0v) is 11.5. The number of aliphatic hydroxyl groups is 1. The summed E-state index contributed by atoms with van der Waals surface area (Å²) in [6.45, 7) is 0. The van der Waals surface area contributed by atoms with Crippen molar-refractivity contribution < 1.29 is 5.11 Å². The van der Waals surface area contributed by atoms with Gasteiger partial charge in [0.2, 0.25) is 0 Å². The summed E-state index contributed by atoms with van der Waals surface area (Å²) in [5.41, 5.74) is 1.26. The standard InChI is InChI=1S/C14H11ClN2OS/c15-12-4-2-1-3-11(12)13(18)9-19-14-7-10(8-16)5-6-17-14/h1-7,13,18H,9H2. The van der Waals surface area contributed by atoms with Crippen molar-refractivity contribution in [2.24, 2.45) is 0 Å². The Morgan fingerprint density at radius 3 is 2.89 bits per heavy atom. The summed E-state index contributed by atoms with van der Waals surface area (Å²) in [6.07, 6.45) is 0.925. The molecular weight excluding hydrogens is 280 g/mol. The summed E-state index contributed by atoms with van der Waals surface area (Å²) >= 11 is 7.41. The number of rotatable bonds is 4. The van der Waals surface area contributed by atoms with Gasteiger partial charge >= 0.3 is 0 Å². The summed E-state index contributed by atoms with van der Waals surface area (Å²) in [5.74, 6) is 0.436. The minimum Gasteiger partial charge on any atom is -0.387 e. The van der Waals surface area contributed by atoms with Gasteiger partial charge in [0, 0.05) is 17.0 Å². The van der Waals surface area contributed by atoms with Crippen LogP contribution in [0, 0.1) is 11.3 Å². The Labute approximate surface area is 120 Å². The number of aliphatic hydroxyl groups excluding tert-OH is 1. The van der Waals surface area contributed by atoms with Crippen LogP contribution in [0.15, 0.2) is 47.6 Å². The van der Waals surface area contributed by atoms with Gasteiger partial charge in [-0.25, -0.2) is 4.98 Å². The van der Waals surface area contributed by atoms with Crippen molar-refractivity contribution in [2.75, 3.05) is 5.75 Å². The predicted molar refractivity (Wildman–Crippen MR) is 76.1 cm³/mol. The van der Waals surface area contributed by atoms with E-state index in [1.54, 1.807) is 30.5 Å². The van der Waals surface area contributed by atoms with Gasteiger partial charge in [0.05, 0.1) is 22.8 Å². The van der Waals surface area contributed by atoms with E-state index in [0.717, 1.165) is 0 Å². The Kier molecular flexibility index (Phi) is 4.80. The first kappa shape index (κ1) is 13.9. The van der Waals surface area contributed by atoms with Crippen molar-refractivity contribution in [1.82, 2.24) is 4.98 Å². The number of thioether (sulfide) groups is 1. The van der Waals surface area contributed by atoms with Gasteiger partial charge in [-0.05, 0) is 23.8 Å². The van der Waals surface area contributed by atoms with Crippen molar-refractivity contribution in [3.8, 4) is 6.07 Å². The molecule has 0 aliphatic carbocycles. The summed E-state index contributed by atoms with van der Waals surface area (Å²) in [7, 11) is 0. The third kappa shape index (κ3) is 3.71. The highest BCUT2D eigenvalue weighted by atomic mass is 35.5. The Hall–Kier alpha value is -1.54. The maximum absolute atomic E-state index is 10.1. The molecule has 0 saturated carbocycles. The molecule has 1 heterocycles. The molecule has 0 fully saturated rings. The van der Waals surface area contributed by atoms with Crippen LogP contribution < -0.4 is 0 Å². The molecule has 3 nitrogen and oxygen atoms in total. The van der Waals surface area contributed by atoms with Gasteiger partial charge in [-0.1, -0.05) is 29.8 Å². The smallest absolute Gasteiger partial charge is 0.0993 e. The summed E-state index contributed by atoms with van der Waals surface area (Å²) in [5, 5.41) is 20.2. The van der Waals surface area contributed by atoms with Crippen LogP contribution in [0.25, 0.3) is 0 Å². The number of benzene rings is 1. The van der Waals surface area contributed by atoms with E-state index in [9.17, 15) is 5.11 Å². The monoisotopic (exact) mass is 290 g/mol. The molecule has 5 heteroatoms. The molecule has 0 bridgehead atoms. The van der Waals surface area contributed by atoms with E-state index in [1.165, 1.54) is 11.8 Å². The zero-order chi connectivity index (χ0) is 13.7. The summed E-state index contributed by atoms with van der Waals surface area (Å²) in [6, 6.07) is 12.6. The Morgan fingerprint density at radius 1 is 1.37 bits per heavy atom. The number of aromatic nitrogens is 1. The fourth-order valence-electron chi connectivity index (χ4n) is 1.56. The van der Waals surface area contributed by atoms with Gasteiger partial charge in [-0.15, -0.1) is 11.8 Å². The lowest BCUT2D eigenvalue weighted by atomic mass is 10.1. The van der Waals surface area contributed by atoms with Crippen LogP contribution in [0.1, 0.15) is 17.2 Å². The summed E-state index contributed by atoms with van der Waals surface area (Å²) in [4.78, 5) is 4.14. The molecule has 19 heavy (non-hydrogen) atoms. The van der Waals surface area contributed by atoms with Crippen LogP contribution in [0.4, 0.5) is 0 Å². The fraction of sp³-hybridized carbons (Fsp3) is 0.143. The maximum atomic E-state index is 10.1. The fourth-order valence-corrected chi connectivity index (χ4v) is 2.67. The second kappa shape index (κ2) is 6.58. The zero-order valence-electron chi connectivity index (χ0n) is 9.95. The molecule has 2 aromatic rings. The third-order valence-electron chi connectivity index (χ3n) is 2.52. The van der Waals surface area contributed by atoms with E-state index < -0.39 is 6.10 Å². The molecule has 0 aliphatic heterocycles. The van der Waals surface area contributed by atoms with Gasteiger partial charge in [-0.2, -0.15) is 5.26 Å². The van der Waals surface area contributed by atoms with Crippen LogP contribution in [0.5, 0.6) is 0 Å². The molecular formula is C14H11ClN2OS. The number of halogens is 1. The minimum atomic E-state index is -0.661. The molecule has 1 aromatic carbocycles. The van der Waals surface area contributed by atoms with Crippen LogP contribution in [0.3, 0.4) is 0 Å². The number of nitriles is 1. The Balaban J connectivity index is 2.03. The largest absolute Gasteiger partial charge is 0.387 e. The molecule has 1 N–H and O–H groups in total. The van der Waals surface area contributed by atoms with Crippen molar-refractivity contribution in [3.05, 3.63) is 58.7 Å². The number of hydrogen-bond donors (Lipinski definition) is 1. The highest BCUT2D eigenvalue weighted by molar-refractivity contribution is 7.99. The average molecular weight is 291 g/mol. The summed E-state index contributed by atoms with van der Waals surface area (Å²) < 4.78 is 0. The van der Waals surface area contributed by atoms with E-state index in [4.69, 9.17) is 16.9 Å². The van der Waals surface area contributed by atoms with E-state index in [2.05, 4.69) is 11.1 Å². The van der Waals surface area contributed by atoms with Crippen molar-refractivity contribution in [2.45, 2.75) is 11.1 Å². The van der Waals surface area contributed by atoms with E-state index in [-0.39, 0.29) is 0 Å². The lowest BCUT2D eigenvalue weighted by Gasteiger charge is -2.11. The molecule has 1 aromatic heterocycles. The van der Waals surface area contributed by atoms with E-state index >= 15 is 0 Å². The van der Waals surface area contributed by atoms with Crippen LogP contribution in [-0.2, 0) is 0 Å². The second-order valence-corrected chi connectivity index (χ2v) is 5.29. The minimum absolute atomic E-state index is 0.436. The Morgan fingerprint density at radius 2 is 2.16 bits per heavy atom. The lowest BCUT2D eigenvalue weighted by Crippen LogP contribution is -2.01. The van der Waals surface area contributed by atoms with Crippen LogP contribution in [0.2, 0.25) is 5.02 Å². The SMILES string of the molecule is N#Cc1ccnc(SCC(O)c2ccccc2Cl)c1. The first-order chi connectivity index (χ1) is 9.20. The van der Waals surface area contributed by atoms with E-state index in [1.807, 2.05) is 12.1 Å². The van der Waals surface area contributed by atoms with Gasteiger partial charge in [0.25, 0.3) is 0 Å². The first-order valence-corrected chi connectivity index (χ1v) is 6.98. The molecule has 1 atom stereocenters. The molecule has 96 valence electrons. The maximum Gasteiger partial charge on any atom is 0.0993 e. The third-order valence-corrected chi connectivity index (χ3v) is 3.86. The normalized spacial score (nSPS) is 11.8. The predicted octanol–water partition coefficient (Wildman–Crippen LogP) is 3.43. The lowest BCUT2D eigenvalue weighted by molar-refractivity contribution is 0.204. The van der Waals surface area contributed by atoms with Crippen LogP contribution in [-0.4, -0.2) is 15.8 Å². The first-order valence-electron chi connectivity index (χ1n) is 5.62. The van der Waals surface area contributed by atoms with Crippen molar-refractivity contribution >= 4 is 23.4 Å². The van der Waals surface area contributed by atoms with Gasteiger partial charge in [-0.3, -0.25) is 0 Å². The van der Waals surface area contributed by atoms with Gasteiger partial charge in [0.1, 0.15) is 0 Å². The quantitative estimate of drug-likeness (QED) is 0.877. The molecule has 2 rings (SSSR count). The molecule has 0 amide bonds.